The largest absolute Gasteiger partial charge is 0.328 e. The molecule has 2 unspecified atom stereocenters. The van der Waals surface area contributed by atoms with Gasteiger partial charge in [0.2, 0.25) is 0 Å². The van der Waals surface area contributed by atoms with Gasteiger partial charge in [0.15, 0.2) is 0 Å². The average Bonchev–Trinajstić information content (AvgIpc) is 2.78. The maximum Gasteiger partial charge on any atom is 0.110 e. The molecule has 3 heteroatoms. The third-order valence-electron chi connectivity index (χ3n) is 4.48. The van der Waals surface area contributed by atoms with Gasteiger partial charge in [0.1, 0.15) is 5.82 Å². The van der Waals surface area contributed by atoms with Crippen LogP contribution >= 0.6 is 0 Å². The van der Waals surface area contributed by atoms with E-state index in [1.165, 1.54) is 24.3 Å². The molecule has 2 heterocycles. The molecule has 3 nitrogen and oxygen atoms in total. The molecule has 0 bridgehead atoms. The van der Waals surface area contributed by atoms with Crippen molar-refractivity contribution in [1.82, 2.24) is 14.9 Å². The fourth-order valence-corrected chi connectivity index (χ4v) is 3.20. The van der Waals surface area contributed by atoms with Gasteiger partial charge >= 0.3 is 0 Å². The predicted molar refractivity (Wildman–Crippen MR) is 79.3 cm³/mol. The van der Waals surface area contributed by atoms with Crippen molar-refractivity contribution in [3.63, 3.8) is 0 Å². The molecule has 19 heavy (non-hydrogen) atoms. The molecule has 1 fully saturated rings. The van der Waals surface area contributed by atoms with Crippen molar-refractivity contribution in [1.29, 1.82) is 0 Å². The minimum Gasteiger partial charge on any atom is -0.328 e. The lowest BCUT2D eigenvalue weighted by Crippen LogP contribution is -2.36. The van der Waals surface area contributed by atoms with E-state index in [-0.39, 0.29) is 0 Å². The highest BCUT2D eigenvalue weighted by Crippen LogP contribution is 2.24. The average molecular weight is 257 g/mol. The van der Waals surface area contributed by atoms with E-state index in [4.69, 9.17) is 4.98 Å². The zero-order valence-electron chi connectivity index (χ0n) is 11.9. The van der Waals surface area contributed by atoms with Gasteiger partial charge < -0.3 is 9.88 Å². The fraction of sp³-hybridized carbons (Fsp3) is 0.562. The highest BCUT2D eigenvalue weighted by molar-refractivity contribution is 5.75. The highest BCUT2D eigenvalue weighted by Gasteiger charge is 2.23. The third-order valence-corrected chi connectivity index (χ3v) is 4.48. The van der Waals surface area contributed by atoms with E-state index in [2.05, 4.69) is 48.0 Å². The van der Waals surface area contributed by atoms with Gasteiger partial charge in [0.25, 0.3) is 0 Å². The summed E-state index contributed by atoms with van der Waals surface area (Å²) in [4.78, 5) is 4.85. The van der Waals surface area contributed by atoms with Gasteiger partial charge in [0.05, 0.1) is 11.0 Å². The van der Waals surface area contributed by atoms with Gasteiger partial charge in [-0.3, -0.25) is 0 Å². The van der Waals surface area contributed by atoms with Crippen LogP contribution in [-0.4, -0.2) is 22.6 Å². The van der Waals surface area contributed by atoms with Crippen LogP contribution in [0.4, 0.5) is 0 Å². The van der Waals surface area contributed by atoms with Crippen molar-refractivity contribution in [2.45, 2.75) is 33.2 Å². The highest BCUT2D eigenvalue weighted by atomic mass is 15.1. The Labute approximate surface area is 115 Å². The molecule has 1 aliphatic rings. The number of para-hydroxylation sites is 2. The zero-order chi connectivity index (χ0) is 13.2. The fourth-order valence-electron chi connectivity index (χ4n) is 3.20. The van der Waals surface area contributed by atoms with Gasteiger partial charge in [-0.15, -0.1) is 0 Å². The van der Waals surface area contributed by atoms with Crippen LogP contribution < -0.4 is 5.32 Å². The summed E-state index contributed by atoms with van der Waals surface area (Å²) in [5.74, 6) is 2.77. The molecule has 1 saturated heterocycles. The normalized spacial score (nSPS) is 23.9. The molecule has 0 saturated carbocycles. The van der Waals surface area contributed by atoms with E-state index in [0.29, 0.717) is 0 Å². The van der Waals surface area contributed by atoms with E-state index in [1.54, 1.807) is 0 Å². The van der Waals surface area contributed by atoms with E-state index in [1.807, 2.05) is 0 Å². The molecule has 1 aromatic carbocycles. The van der Waals surface area contributed by atoms with Crippen LogP contribution in [0.5, 0.6) is 0 Å². The number of nitrogens with zero attached hydrogens (tertiary/aromatic N) is 2. The van der Waals surface area contributed by atoms with Crippen molar-refractivity contribution in [3.05, 3.63) is 30.1 Å². The summed E-state index contributed by atoms with van der Waals surface area (Å²) in [5, 5.41) is 3.52. The molecule has 102 valence electrons. The zero-order valence-corrected chi connectivity index (χ0v) is 11.9. The van der Waals surface area contributed by atoms with Crippen molar-refractivity contribution in [3.8, 4) is 0 Å². The Hall–Kier alpha value is -1.35. The Morgan fingerprint density at radius 3 is 3.00 bits per heavy atom. The molecule has 1 aliphatic heterocycles. The summed E-state index contributed by atoms with van der Waals surface area (Å²) < 4.78 is 2.37. The van der Waals surface area contributed by atoms with Crippen molar-refractivity contribution in [2.75, 3.05) is 13.1 Å². The van der Waals surface area contributed by atoms with E-state index in [9.17, 15) is 0 Å². The summed E-state index contributed by atoms with van der Waals surface area (Å²) in [7, 11) is 0. The lowest BCUT2D eigenvalue weighted by atomic mass is 9.85. The number of rotatable bonds is 3. The first-order valence-corrected chi connectivity index (χ1v) is 7.44. The summed E-state index contributed by atoms with van der Waals surface area (Å²) in [6.07, 6.45) is 2.38. The summed E-state index contributed by atoms with van der Waals surface area (Å²) in [6, 6.07) is 8.47. The lowest BCUT2D eigenvalue weighted by Gasteiger charge is -2.29. The van der Waals surface area contributed by atoms with Gasteiger partial charge in [-0.25, -0.2) is 4.98 Å². The molecule has 0 spiro atoms. The molecule has 2 atom stereocenters. The molecule has 0 radical (unpaired) electrons. The SMILES string of the molecule is CCn1c(CC2CNCCC2C)nc2ccccc21. The minimum absolute atomic E-state index is 0.718. The van der Waals surface area contributed by atoms with Gasteiger partial charge in [-0.1, -0.05) is 19.1 Å². The molecule has 1 N–H and O–H groups in total. The Morgan fingerprint density at radius 1 is 1.37 bits per heavy atom. The predicted octanol–water partition coefficient (Wildman–Crippen LogP) is 2.84. The number of piperidine rings is 1. The first-order valence-electron chi connectivity index (χ1n) is 7.44. The smallest absolute Gasteiger partial charge is 0.110 e. The quantitative estimate of drug-likeness (QED) is 0.916. The van der Waals surface area contributed by atoms with Gasteiger partial charge in [-0.2, -0.15) is 0 Å². The first-order chi connectivity index (χ1) is 9.29. The van der Waals surface area contributed by atoms with Crippen LogP contribution in [0.25, 0.3) is 11.0 Å². The maximum absolute atomic E-state index is 4.85. The third kappa shape index (κ3) is 2.39. The molecular formula is C16H23N3. The van der Waals surface area contributed by atoms with Gasteiger partial charge in [-0.05, 0) is 50.4 Å². The number of nitrogens with one attached hydrogen (secondary N) is 1. The van der Waals surface area contributed by atoms with Crippen LogP contribution in [-0.2, 0) is 13.0 Å². The van der Waals surface area contributed by atoms with Crippen molar-refractivity contribution < 1.29 is 0 Å². The van der Waals surface area contributed by atoms with E-state index >= 15 is 0 Å². The lowest BCUT2D eigenvalue weighted by molar-refractivity contribution is 0.267. The number of aromatic nitrogens is 2. The molecule has 0 aliphatic carbocycles. The molecule has 0 amide bonds. The van der Waals surface area contributed by atoms with Crippen LogP contribution in [0, 0.1) is 11.8 Å². The van der Waals surface area contributed by atoms with Crippen LogP contribution in [0.3, 0.4) is 0 Å². The van der Waals surface area contributed by atoms with Crippen molar-refractivity contribution in [2.24, 2.45) is 11.8 Å². The molecular weight excluding hydrogens is 234 g/mol. The summed E-state index contributed by atoms with van der Waals surface area (Å²) in [5.41, 5.74) is 2.41. The number of hydrogen-bond donors (Lipinski definition) is 1. The number of benzene rings is 1. The maximum atomic E-state index is 4.85. The topological polar surface area (TPSA) is 29.9 Å². The van der Waals surface area contributed by atoms with Crippen LogP contribution in [0.15, 0.2) is 24.3 Å². The number of fused-ring (bicyclic) bond motifs is 1. The minimum atomic E-state index is 0.718. The second-order valence-electron chi connectivity index (χ2n) is 5.70. The first kappa shape index (κ1) is 12.7. The standard InChI is InChI=1S/C16H23N3/c1-3-19-15-7-5-4-6-14(15)18-16(19)10-13-11-17-9-8-12(13)2/h4-7,12-13,17H,3,8-11H2,1-2H3. The van der Waals surface area contributed by atoms with Crippen LogP contribution in [0.1, 0.15) is 26.1 Å². The second kappa shape index (κ2) is 5.33. The Kier molecular flexibility index (Phi) is 3.56. The van der Waals surface area contributed by atoms with E-state index < -0.39 is 0 Å². The Balaban J connectivity index is 1.91. The molecule has 1 aromatic heterocycles. The monoisotopic (exact) mass is 257 g/mol. The molecule has 3 rings (SSSR count). The van der Waals surface area contributed by atoms with E-state index in [0.717, 1.165) is 36.9 Å². The Bertz CT molecular complexity index is 558. The number of hydrogen-bond acceptors (Lipinski definition) is 2. The number of aryl methyl sites for hydroxylation is 1. The number of imidazole rings is 1. The summed E-state index contributed by atoms with van der Waals surface area (Å²) in [6.45, 7) is 7.89. The van der Waals surface area contributed by atoms with Gasteiger partial charge in [0, 0.05) is 13.0 Å². The molecule has 2 aromatic rings. The van der Waals surface area contributed by atoms with Crippen LogP contribution in [0.2, 0.25) is 0 Å². The Morgan fingerprint density at radius 2 is 2.21 bits per heavy atom. The summed E-state index contributed by atoms with van der Waals surface area (Å²) >= 11 is 0. The second-order valence-corrected chi connectivity index (χ2v) is 5.70. The van der Waals surface area contributed by atoms with Crippen molar-refractivity contribution >= 4 is 11.0 Å².